The van der Waals surface area contributed by atoms with Gasteiger partial charge in [-0.1, -0.05) is 36.4 Å². The van der Waals surface area contributed by atoms with Gasteiger partial charge in [0.25, 0.3) is 5.91 Å². The number of cyclic esters (lactones) is 1. The Morgan fingerprint density at radius 1 is 0.964 bits per heavy atom. The standard InChI is InChI=1S/C24H21NO3/c1-15-8-10-20(12-16(15)2)25-23(26)18-9-11-21-19(13-18)14-22(28-24(21)27)17-6-4-3-5-7-17/h3-13,22H,14H2,1-2H3,(H,25,26). The van der Waals surface area contributed by atoms with E-state index in [1.54, 1.807) is 18.2 Å². The topological polar surface area (TPSA) is 55.4 Å². The van der Waals surface area contributed by atoms with Crippen LogP contribution >= 0.6 is 0 Å². The maximum atomic E-state index is 12.7. The molecule has 0 aromatic heterocycles. The molecule has 1 aliphatic heterocycles. The summed E-state index contributed by atoms with van der Waals surface area (Å²) in [5.41, 5.74) is 5.89. The van der Waals surface area contributed by atoms with Gasteiger partial charge in [-0.15, -0.1) is 0 Å². The van der Waals surface area contributed by atoms with Gasteiger partial charge >= 0.3 is 5.97 Å². The van der Waals surface area contributed by atoms with Gasteiger partial charge in [-0.3, -0.25) is 4.79 Å². The van der Waals surface area contributed by atoms with Gasteiger partial charge in [-0.2, -0.15) is 0 Å². The third-order valence-corrected chi connectivity index (χ3v) is 5.18. The van der Waals surface area contributed by atoms with Crippen molar-refractivity contribution >= 4 is 17.6 Å². The molecule has 1 heterocycles. The van der Waals surface area contributed by atoms with Crippen LogP contribution in [0.15, 0.2) is 66.7 Å². The Morgan fingerprint density at radius 2 is 1.75 bits per heavy atom. The SMILES string of the molecule is Cc1ccc(NC(=O)c2ccc3c(c2)CC(c2ccccc2)OC3=O)cc1C. The highest BCUT2D eigenvalue weighted by Gasteiger charge is 2.28. The van der Waals surface area contributed by atoms with Crippen LogP contribution in [0.1, 0.15) is 49.1 Å². The number of nitrogens with one attached hydrogen (secondary N) is 1. The number of fused-ring (bicyclic) bond motifs is 1. The van der Waals surface area contributed by atoms with Crippen molar-refractivity contribution in [2.75, 3.05) is 5.32 Å². The first-order valence-corrected chi connectivity index (χ1v) is 9.29. The molecule has 4 heteroatoms. The Kier molecular flexibility index (Phi) is 4.70. The molecule has 1 atom stereocenters. The summed E-state index contributed by atoms with van der Waals surface area (Å²) in [5, 5.41) is 2.93. The third-order valence-electron chi connectivity index (χ3n) is 5.18. The van der Waals surface area contributed by atoms with Crippen LogP contribution in [0.4, 0.5) is 5.69 Å². The van der Waals surface area contributed by atoms with E-state index in [1.807, 2.05) is 62.4 Å². The molecule has 4 rings (SSSR count). The zero-order chi connectivity index (χ0) is 19.7. The molecule has 0 radical (unpaired) electrons. The van der Waals surface area contributed by atoms with Crippen molar-refractivity contribution in [3.8, 4) is 0 Å². The Labute approximate surface area is 164 Å². The average molecular weight is 371 g/mol. The van der Waals surface area contributed by atoms with Crippen LogP contribution in [-0.4, -0.2) is 11.9 Å². The zero-order valence-corrected chi connectivity index (χ0v) is 15.9. The number of amides is 1. The number of hydrogen-bond acceptors (Lipinski definition) is 3. The minimum atomic E-state index is -0.351. The number of ether oxygens (including phenoxy) is 1. The van der Waals surface area contributed by atoms with Crippen LogP contribution in [0, 0.1) is 13.8 Å². The van der Waals surface area contributed by atoms with Crippen molar-refractivity contribution in [1.82, 2.24) is 0 Å². The van der Waals surface area contributed by atoms with Crippen molar-refractivity contribution in [3.05, 3.63) is 100 Å². The number of hydrogen-bond donors (Lipinski definition) is 1. The first-order valence-electron chi connectivity index (χ1n) is 9.29. The van der Waals surface area contributed by atoms with Gasteiger partial charge in [-0.05, 0) is 66.4 Å². The van der Waals surface area contributed by atoms with Crippen molar-refractivity contribution in [2.45, 2.75) is 26.4 Å². The molecule has 4 nitrogen and oxygen atoms in total. The minimum absolute atomic E-state index is 0.193. The maximum Gasteiger partial charge on any atom is 0.339 e. The van der Waals surface area contributed by atoms with Gasteiger partial charge in [0.15, 0.2) is 0 Å². The van der Waals surface area contributed by atoms with Crippen molar-refractivity contribution in [2.24, 2.45) is 0 Å². The number of aryl methyl sites for hydroxylation is 2. The second-order valence-electron chi connectivity index (χ2n) is 7.13. The molecule has 140 valence electrons. The fourth-order valence-corrected chi connectivity index (χ4v) is 3.41. The van der Waals surface area contributed by atoms with Gasteiger partial charge < -0.3 is 10.1 Å². The number of anilines is 1. The lowest BCUT2D eigenvalue weighted by atomic mass is 9.93. The van der Waals surface area contributed by atoms with Crippen molar-refractivity contribution in [3.63, 3.8) is 0 Å². The van der Waals surface area contributed by atoms with E-state index in [-0.39, 0.29) is 18.0 Å². The van der Waals surface area contributed by atoms with Gasteiger partial charge in [0.05, 0.1) is 5.56 Å². The smallest absolute Gasteiger partial charge is 0.339 e. The second-order valence-corrected chi connectivity index (χ2v) is 7.13. The molecule has 0 aliphatic carbocycles. The highest BCUT2D eigenvalue weighted by Crippen LogP contribution is 2.31. The molecule has 1 unspecified atom stereocenters. The van der Waals surface area contributed by atoms with Crippen LogP contribution in [-0.2, 0) is 11.2 Å². The number of benzene rings is 3. The lowest BCUT2D eigenvalue weighted by Gasteiger charge is -2.25. The molecule has 0 spiro atoms. The predicted octanol–water partition coefficient (Wildman–Crippen LogP) is 5.01. The van der Waals surface area contributed by atoms with E-state index in [0.717, 1.165) is 22.4 Å². The lowest BCUT2D eigenvalue weighted by Crippen LogP contribution is -2.23. The third kappa shape index (κ3) is 3.54. The molecule has 0 fully saturated rings. The van der Waals surface area contributed by atoms with E-state index in [2.05, 4.69) is 5.32 Å². The van der Waals surface area contributed by atoms with E-state index >= 15 is 0 Å². The fraction of sp³-hybridized carbons (Fsp3) is 0.167. The van der Waals surface area contributed by atoms with E-state index in [9.17, 15) is 9.59 Å². The van der Waals surface area contributed by atoms with Crippen molar-refractivity contribution < 1.29 is 14.3 Å². The lowest BCUT2D eigenvalue weighted by molar-refractivity contribution is 0.0252. The van der Waals surface area contributed by atoms with Crippen molar-refractivity contribution in [1.29, 1.82) is 0 Å². The highest BCUT2D eigenvalue weighted by molar-refractivity contribution is 6.05. The monoisotopic (exact) mass is 371 g/mol. The molecule has 3 aromatic rings. The fourth-order valence-electron chi connectivity index (χ4n) is 3.41. The molecule has 1 amide bonds. The largest absolute Gasteiger partial charge is 0.454 e. The summed E-state index contributed by atoms with van der Waals surface area (Å²) in [6.07, 6.45) is 0.217. The summed E-state index contributed by atoms with van der Waals surface area (Å²) < 4.78 is 5.58. The number of rotatable bonds is 3. The summed E-state index contributed by atoms with van der Waals surface area (Å²) in [5.74, 6) is -0.544. The number of esters is 1. The quantitative estimate of drug-likeness (QED) is 0.659. The van der Waals surface area contributed by atoms with Gasteiger partial charge in [-0.25, -0.2) is 4.79 Å². The average Bonchev–Trinajstić information content (AvgIpc) is 2.71. The van der Waals surface area contributed by atoms with E-state index in [0.29, 0.717) is 17.5 Å². The Bertz CT molecular complexity index is 1060. The van der Waals surface area contributed by atoms with Crippen LogP contribution in [0.25, 0.3) is 0 Å². The number of carbonyl (C=O) groups excluding carboxylic acids is 2. The molecule has 1 N–H and O–H groups in total. The first kappa shape index (κ1) is 18.0. The first-order chi connectivity index (χ1) is 13.5. The molecular weight excluding hydrogens is 350 g/mol. The summed E-state index contributed by atoms with van der Waals surface area (Å²) >= 11 is 0. The van der Waals surface area contributed by atoms with Gasteiger partial charge in [0.1, 0.15) is 6.10 Å². The normalized spacial score (nSPS) is 15.5. The van der Waals surface area contributed by atoms with Gasteiger partial charge in [0, 0.05) is 17.7 Å². The molecule has 28 heavy (non-hydrogen) atoms. The Hall–Kier alpha value is -3.40. The molecule has 0 bridgehead atoms. The van der Waals surface area contributed by atoms with Crippen LogP contribution in [0.2, 0.25) is 0 Å². The van der Waals surface area contributed by atoms with Crippen LogP contribution in [0.3, 0.4) is 0 Å². The zero-order valence-electron chi connectivity index (χ0n) is 15.9. The second kappa shape index (κ2) is 7.31. The maximum absolute atomic E-state index is 12.7. The highest BCUT2D eigenvalue weighted by atomic mass is 16.5. The summed E-state index contributed by atoms with van der Waals surface area (Å²) in [7, 11) is 0. The predicted molar refractivity (Wildman–Crippen MR) is 109 cm³/mol. The Morgan fingerprint density at radius 3 is 2.50 bits per heavy atom. The summed E-state index contributed by atoms with van der Waals surface area (Å²) in [6, 6.07) is 20.6. The molecule has 0 saturated carbocycles. The molecule has 0 saturated heterocycles. The van der Waals surface area contributed by atoms with E-state index < -0.39 is 0 Å². The van der Waals surface area contributed by atoms with Crippen LogP contribution < -0.4 is 5.32 Å². The molecule has 1 aliphatic rings. The molecular formula is C24H21NO3. The van der Waals surface area contributed by atoms with Crippen LogP contribution in [0.5, 0.6) is 0 Å². The van der Waals surface area contributed by atoms with Gasteiger partial charge in [0.2, 0.25) is 0 Å². The van der Waals surface area contributed by atoms with E-state index in [4.69, 9.17) is 4.74 Å². The summed E-state index contributed by atoms with van der Waals surface area (Å²) in [4.78, 5) is 25.1. The molecule has 3 aromatic carbocycles. The number of carbonyl (C=O) groups is 2. The Balaban J connectivity index is 1.58. The van der Waals surface area contributed by atoms with E-state index in [1.165, 1.54) is 5.56 Å². The minimum Gasteiger partial charge on any atom is -0.454 e. The summed E-state index contributed by atoms with van der Waals surface area (Å²) in [6.45, 7) is 4.05.